The number of carbonyl (C=O) groups excluding carboxylic acids is 3. The van der Waals surface area contributed by atoms with E-state index in [0.29, 0.717) is 29.4 Å². The summed E-state index contributed by atoms with van der Waals surface area (Å²) in [5.74, 6) is -0.138. The van der Waals surface area contributed by atoms with Crippen molar-refractivity contribution in [3.8, 4) is 11.5 Å². The van der Waals surface area contributed by atoms with Crippen molar-refractivity contribution < 1.29 is 28.8 Å². The van der Waals surface area contributed by atoms with Crippen molar-refractivity contribution in [2.24, 2.45) is 0 Å². The van der Waals surface area contributed by atoms with Crippen molar-refractivity contribution >= 4 is 46.3 Å². The number of para-hydroxylation sites is 1. The number of rotatable bonds is 10. The van der Waals surface area contributed by atoms with Gasteiger partial charge in [-0.3, -0.25) is 29.4 Å². The Kier molecular flexibility index (Phi) is 8.62. The first kappa shape index (κ1) is 27.4. The maximum absolute atomic E-state index is 12.9. The Morgan fingerprint density at radius 3 is 2.49 bits per heavy atom. The van der Waals surface area contributed by atoms with Gasteiger partial charge in [0.05, 0.1) is 16.4 Å². The van der Waals surface area contributed by atoms with Crippen molar-refractivity contribution in [2.75, 3.05) is 18.5 Å². The van der Waals surface area contributed by atoms with Gasteiger partial charge in [0.15, 0.2) is 11.5 Å². The molecule has 3 aromatic carbocycles. The summed E-state index contributed by atoms with van der Waals surface area (Å²) in [6.07, 6.45) is 1.56. The maximum atomic E-state index is 12.9. The van der Waals surface area contributed by atoms with Crippen LogP contribution < -0.4 is 14.8 Å². The molecule has 1 aliphatic rings. The molecule has 0 aliphatic carbocycles. The first-order valence-electron chi connectivity index (χ1n) is 12.0. The molecule has 1 aliphatic heterocycles. The molecule has 200 valence electrons. The van der Waals surface area contributed by atoms with Crippen LogP contribution in [0.25, 0.3) is 6.08 Å². The molecule has 0 radical (unpaired) electrons. The third kappa shape index (κ3) is 6.82. The first-order valence-corrected chi connectivity index (χ1v) is 12.8. The average molecular weight is 548 g/mol. The van der Waals surface area contributed by atoms with E-state index in [2.05, 4.69) is 5.32 Å². The molecule has 3 aromatic rings. The Morgan fingerprint density at radius 1 is 1.05 bits per heavy atom. The second-order valence-electron chi connectivity index (χ2n) is 8.48. The molecule has 1 heterocycles. The number of hydrogen-bond acceptors (Lipinski definition) is 8. The number of hydrogen-bond donors (Lipinski definition) is 1. The molecular weight excluding hydrogens is 522 g/mol. The summed E-state index contributed by atoms with van der Waals surface area (Å²) in [5, 5.41) is 13.0. The molecule has 39 heavy (non-hydrogen) atoms. The van der Waals surface area contributed by atoms with Gasteiger partial charge in [-0.15, -0.1) is 0 Å². The standard InChI is InChI=1S/C28H25N3O7S/c1-3-37-24-14-20(10-13-23(24)38-17-19-8-11-21(12-9-19)31(35)36)15-25-27(33)30(28(34)39-25)16-26(32)29-22-7-5-4-6-18(22)2/h4-15H,3,16-17H2,1-2H3,(H,29,32). The quantitative estimate of drug-likeness (QED) is 0.199. The van der Waals surface area contributed by atoms with Crippen LogP contribution in [-0.2, 0) is 16.2 Å². The Labute approximate surface area is 228 Å². The summed E-state index contributed by atoms with van der Waals surface area (Å²) in [7, 11) is 0. The fraction of sp³-hybridized carbons (Fsp3) is 0.179. The van der Waals surface area contributed by atoms with Gasteiger partial charge < -0.3 is 14.8 Å². The number of nitrogens with one attached hydrogen (secondary N) is 1. The molecule has 1 saturated heterocycles. The van der Waals surface area contributed by atoms with Gasteiger partial charge in [-0.2, -0.15) is 0 Å². The predicted molar refractivity (Wildman–Crippen MR) is 148 cm³/mol. The fourth-order valence-electron chi connectivity index (χ4n) is 3.71. The number of nitro groups is 1. The highest BCUT2D eigenvalue weighted by atomic mass is 32.2. The van der Waals surface area contributed by atoms with Gasteiger partial charge in [-0.1, -0.05) is 24.3 Å². The fourth-order valence-corrected chi connectivity index (χ4v) is 4.55. The van der Waals surface area contributed by atoms with Gasteiger partial charge >= 0.3 is 0 Å². The minimum atomic E-state index is -0.554. The van der Waals surface area contributed by atoms with Gasteiger partial charge in [-0.25, -0.2) is 0 Å². The molecule has 0 bridgehead atoms. The number of thioether (sulfide) groups is 1. The average Bonchev–Trinajstić information content (AvgIpc) is 3.17. The zero-order valence-electron chi connectivity index (χ0n) is 21.2. The molecule has 10 nitrogen and oxygen atoms in total. The van der Waals surface area contributed by atoms with Crippen molar-refractivity contribution in [3.05, 3.63) is 98.4 Å². The van der Waals surface area contributed by atoms with Crippen LogP contribution in [0.1, 0.15) is 23.6 Å². The molecule has 0 aromatic heterocycles. The number of amides is 3. The number of benzene rings is 3. The summed E-state index contributed by atoms with van der Waals surface area (Å²) in [4.78, 5) is 49.4. The van der Waals surface area contributed by atoms with Crippen molar-refractivity contribution in [3.63, 3.8) is 0 Å². The summed E-state index contributed by atoms with van der Waals surface area (Å²) >= 11 is 0.761. The van der Waals surface area contributed by atoms with Gasteiger partial charge in [0.1, 0.15) is 13.2 Å². The topological polar surface area (TPSA) is 128 Å². The highest BCUT2D eigenvalue weighted by Gasteiger charge is 2.36. The zero-order chi connectivity index (χ0) is 27.9. The normalized spacial score (nSPS) is 14.0. The van der Waals surface area contributed by atoms with Crippen LogP contribution in [0.3, 0.4) is 0 Å². The highest BCUT2D eigenvalue weighted by molar-refractivity contribution is 8.18. The summed E-state index contributed by atoms with van der Waals surface area (Å²) < 4.78 is 11.6. The smallest absolute Gasteiger partial charge is 0.294 e. The van der Waals surface area contributed by atoms with Crippen LogP contribution in [0.5, 0.6) is 11.5 Å². The predicted octanol–water partition coefficient (Wildman–Crippen LogP) is 5.56. The van der Waals surface area contributed by atoms with Crippen molar-refractivity contribution in [2.45, 2.75) is 20.5 Å². The molecule has 3 amide bonds. The van der Waals surface area contributed by atoms with Crippen LogP contribution in [0.4, 0.5) is 16.2 Å². The van der Waals surface area contributed by atoms with Gasteiger partial charge in [0.25, 0.3) is 16.8 Å². The number of aryl methyl sites for hydroxylation is 1. The van der Waals surface area contributed by atoms with Crippen LogP contribution in [-0.4, -0.2) is 40.0 Å². The molecule has 4 rings (SSSR count). The second kappa shape index (κ2) is 12.3. The Morgan fingerprint density at radius 2 is 1.79 bits per heavy atom. The lowest BCUT2D eigenvalue weighted by Gasteiger charge is -2.14. The van der Waals surface area contributed by atoms with E-state index < -0.39 is 28.5 Å². The number of imide groups is 1. The van der Waals surface area contributed by atoms with Crippen molar-refractivity contribution in [1.29, 1.82) is 0 Å². The lowest BCUT2D eigenvalue weighted by atomic mass is 10.1. The zero-order valence-corrected chi connectivity index (χ0v) is 22.0. The molecule has 1 fully saturated rings. The maximum Gasteiger partial charge on any atom is 0.294 e. The molecule has 0 spiro atoms. The van der Waals surface area contributed by atoms with E-state index in [1.54, 1.807) is 48.5 Å². The minimum absolute atomic E-state index is 0.00515. The lowest BCUT2D eigenvalue weighted by Crippen LogP contribution is -2.36. The summed E-state index contributed by atoms with van der Waals surface area (Å²) in [6, 6.07) is 18.4. The molecule has 0 saturated carbocycles. The number of nitrogens with zero attached hydrogens (tertiary/aromatic N) is 2. The van der Waals surface area contributed by atoms with Gasteiger partial charge in [-0.05, 0) is 78.7 Å². The Balaban J connectivity index is 1.44. The molecule has 1 N–H and O–H groups in total. The summed E-state index contributed by atoms with van der Waals surface area (Å²) in [6.45, 7) is 3.81. The Hall–Kier alpha value is -4.64. The van der Waals surface area contributed by atoms with E-state index in [0.717, 1.165) is 27.8 Å². The SMILES string of the molecule is CCOc1cc(C=C2SC(=O)N(CC(=O)Nc3ccccc3C)C2=O)ccc1OCc1ccc([N+](=O)[O-])cc1. The van der Waals surface area contributed by atoms with E-state index in [1.165, 1.54) is 12.1 Å². The number of anilines is 1. The van der Waals surface area contributed by atoms with E-state index in [4.69, 9.17) is 9.47 Å². The summed E-state index contributed by atoms with van der Waals surface area (Å²) in [5.41, 5.74) is 2.83. The largest absolute Gasteiger partial charge is 0.490 e. The van der Waals surface area contributed by atoms with E-state index in [1.807, 2.05) is 26.0 Å². The third-order valence-corrected chi connectivity index (χ3v) is 6.61. The first-order chi connectivity index (χ1) is 18.7. The monoisotopic (exact) mass is 547 g/mol. The van der Waals surface area contributed by atoms with Crippen LogP contribution in [0.2, 0.25) is 0 Å². The van der Waals surface area contributed by atoms with Crippen LogP contribution >= 0.6 is 11.8 Å². The minimum Gasteiger partial charge on any atom is -0.490 e. The number of carbonyl (C=O) groups is 3. The van der Waals surface area contributed by atoms with Gasteiger partial charge in [0, 0.05) is 17.8 Å². The molecule has 0 atom stereocenters. The molecular formula is C28H25N3O7S. The van der Waals surface area contributed by atoms with E-state index in [-0.39, 0.29) is 17.2 Å². The lowest BCUT2D eigenvalue weighted by molar-refractivity contribution is -0.384. The molecule has 0 unspecified atom stereocenters. The Bertz CT molecular complexity index is 1450. The van der Waals surface area contributed by atoms with E-state index in [9.17, 15) is 24.5 Å². The van der Waals surface area contributed by atoms with Gasteiger partial charge in [0.2, 0.25) is 5.91 Å². The number of non-ortho nitro benzene ring substituents is 1. The van der Waals surface area contributed by atoms with Crippen LogP contribution in [0.15, 0.2) is 71.6 Å². The molecule has 11 heteroatoms. The highest BCUT2D eigenvalue weighted by Crippen LogP contribution is 2.35. The number of nitro benzene ring substituents is 1. The number of ether oxygens (including phenoxy) is 2. The van der Waals surface area contributed by atoms with Crippen LogP contribution in [0, 0.1) is 17.0 Å². The second-order valence-corrected chi connectivity index (χ2v) is 9.48. The van der Waals surface area contributed by atoms with E-state index >= 15 is 0 Å². The van der Waals surface area contributed by atoms with Crippen molar-refractivity contribution in [1.82, 2.24) is 4.90 Å². The third-order valence-electron chi connectivity index (χ3n) is 5.70.